The molecule has 154 valence electrons. The van der Waals surface area contributed by atoms with Gasteiger partial charge in [-0.15, -0.1) is 0 Å². The second-order valence-corrected chi connectivity index (χ2v) is 6.33. The zero-order valence-corrected chi connectivity index (χ0v) is 16.3. The molecule has 0 radical (unpaired) electrons. The first kappa shape index (κ1) is 25.0. The number of hydrogen-bond donors (Lipinski definition) is 8. The standard InChI is InChI=1S/C14H24N4O7S2/c1-6(11(21)18-9(5-27)14(24)25)16-13(23)8(4-26)17-12(22)7(15)2-3-10(19)20/h6-9,26-27H,2-5,15H2,1H3,(H,16,23)(H,17,22)(H,18,21)(H,19,20)(H,24,25). The molecule has 0 heterocycles. The zero-order valence-electron chi connectivity index (χ0n) is 14.5. The Morgan fingerprint density at radius 3 is 1.85 bits per heavy atom. The van der Waals surface area contributed by atoms with Crippen molar-refractivity contribution in [3.8, 4) is 0 Å². The van der Waals surface area contributed by atoms with Crippen LogP contribution in [0.25, 0.3) is 0 Å². The van der Waals surface area contributed by atoms with E-state index in [1.165, 1.54) is 6.92 Å². The van der Waals surface area contributed by atoms with E-state index in [1.807, 2.05) is 0 Å². The Balaban J connectivity index is 4.69. The van der Waals surface area contributed by atoms with Crippen molar-refractivity contribution < 1.29 is 34.2 Å². The van der Waals surface area contributed by atoms with E-state index in [1.54, 1.807) is 0 Å². The van der Waals surface area contributed by atoms with Gasteiger partial charge >= 0.3 is 11.9 Å². The van der Waals surface area contributed by atoms with Crippen LogP contribution < -0.4 is 21.7 Å². The van der Waals surface area contributed by atoms with Crippen LogP contribution in [0.15, 0.2) is 0 Å². The Kier molecular flexibility index (Phi) is 11.5. The average Bonchev–Trinajstić information content (AvgIpc) is 2.60. The van der Waals surface area contributed by atoms with Crippen molar-refractivity contribution in [2.75, 3.05) is 11.5 Å². The summed E-state index contributed by atoms with van der Waals surface area (Å²) in [5.41, 5.74) is 5.56. The van der Waals surface area contributed by atoms with Crippen molar-refractivity contribution in [1.82, 2.24) is 16.0 Å². The minimum Gasteiger partial charge on any atom is -0.481 e. The summed E-state index contributed by atoms with van der Waals surface area (Å²) in [5, 5.41) is 24.3. The topological polar surface area (TPSA) is 188 Å². The van der Waals surface area contributed by atoms with Crippen molar-refractivity contribution >= 4 is 54.9 Å². The van der Waals surface area contributed by atoms with Gasteiger partial charge in [0.05, 0.1) is 6.04 Å². The number of carbonyl (C=O) groups excluding carboxylic acids is 3. The quantitative estimate of drug-likeness (QED) is 0.159. The number of thiol groups is 2. The summed E-state index contributed by atoms with van der Waals surface area (Å²) < 4.78 is 0. The molecule has 27 heavy (non-hydrogen) atoms. The molecule has 0 aromatic carbocycles. The molecule has 11 nitrogen and oxygen atoms in total. The van der Waals surface area contributed by atoms with Gasteiger partial charge < -0.3 is 31.9 Å². The molecule has 13 heteroatoms. The van der Waals surface area contributed by atoms with Gasteiger partial charge in [-0.3, -0.25) is 19.2 Å². The molecule has 0 aromatic heterocycles. The van der Waals surface area contributed by atoms with Crippen LogP contribution in [-0.2, 0) is 24.0 Å². The number of carboxylic acid groups (broad SMARTS) is 2. The molecule has 0 rings (SSSR count). The summed E-state index contributed by atoms with van der Waals surface area (Å²) >= 11 is 7.77. The summed E-state index contributed by atoms with van der Waals surface area (Å²) in [5.74, 6) is -4.83. The van der Waals surface area contributed by atoms with Crippen LogP contribution >= 0.6 is 25.3 Å². The number of nitrogens with one attached hydrogen (secondary N) is 3. The smallest absolute Gasteiger partial charge is 0.327 e. The average molecular weight is 425 g/mol. The zero-order chi connectivity index (χ0) is 21.1. The first-order valence-corrected chi connectivity index (χ1v) is 9.12. The molecule has 4 unspecified atom stereocenters. The number of carbonyl (C=O) groups is 5. The number of amides is 3. The maximum Gasteiger partial charge on any atom is 0.327 e. The van der Waals surface area contributed by atoms with Crippen LogP contribution in [0.1, 0.15) is 19.8 Å². The first-order valence-electron chi connectivity index (χ1n) is 7.86. The van der Waals surface area contributed by atoms with Crippen molar-refractivity contribution in [3.05, 3.63) is 0 Å². The van der Waals surface area contributed by atoms with E-state index in [9.17, 15) is 24.0 Å². The lowest BCUT2D eigenvalue weighted by Gasteiger charge is -2.22. The van der Waals surface area contributed by atoms with E-state index in [-0.39, 0.29) is 24.3 Å². The fraction of sp³-hybridized carbons (Fsp3) is 0.643. The van der Waals surface area contributed by atoms with E-state index in [0.29, 0.717) is 0 Å². The van der Waals surface area contributed by atoms with E-state index in [0.717, 1.165) is 0 Å². The molecule has 3 amide bonds. The number of hydrogen-bond acceptors (Lipinski definition) is 8. The largest absolute Gasteiger partial charge is 0.481 e. The maximum absolute atomic E-state index is 12.2. The molecule has 0 aliphatic heterocycles. The van der Waals surface area contributed by atoms with Gasteiger partial charge in [0.15, 0.2) is 0 Å². The fourth-order valence-corrected chi connectivity index (χ4v) is 2.25. The van der Waals surface area contributed by atoms with Gasteiger partial charge in [0.25, 0.3) is 0 Å². The molecule has 0 aliphatic carbocycles. The SMILES string of the molecule is CC(NC(=O)C(CS)NC(=O)C(N)CCC(=O)O)C(=O)NC(CS)C(=O)O. The van der Waals surface area contributed by atoms with Gasteiger partial charge in [-0.25, -0.2) is 4.79 Å². The van der Waals surface area contributed by atoms with Crippen molar-refractivity contribution in [1.29, 1.82) is 0 Å². The molecule has 0 bridgehead atoms. The van der Waals surface area contributed by atoms with Gasteiger partial charge in [0, 0.05) is 17.9 Å². The van der Waals surface area contributed by atoms with Crippen molar-refractivity contribution in [3.63, 3.8) is 0 Å². The Bertz CT molecular complexity index is 576. The minimum atomic E-state index is -1.27. The summed E-state index contributed by atoms with van der Waals surface area (Å²) in [4.78, 5) is 57.4. The number of carboxylic acids is 2. The van der Waals surface area contributed by atoms with Crippen LogP contribution in [0.4, 0.5) is 0 Å². The molecule has 0 spiro atoms. The predicted octanol–water partition coefficient (Wildman–Crippen LogP) is -2.40. The summed E-state index contributed by atoms with van der Waals surface area (Å²) in [6, 6.07) is -4.54. The van der Waals surface area contributed by atoms with E-state index < -0.39 is 53.8 Å². The highest BCUT2D eigenvalue weighted by Gasteiger charge is 2.27. The molecule has 0 aliphatic rings. The Hall–Kier alpha value is -1.99. The maximum atomic E-state index is 12.2. The highest BCUT2D eigenvalue weighted by molar-refractivity contribution is 7.80. The summed E-state index contributed by atoms with van der Waals surface area (Å²) in [6.45, 7) is 1.33. The molecule has 4 atom stereocenters. The van der Waals surface area contributed by atoms with E-state index in [2.05, 4.69) is 41.2 Å². The third-order valence-corrected chi connectivity index (χ3v) is 4.10. The van der Waals surface area contributed by atoms with Gasteiger partial charge in [-0.2, -0.15) is 25.3 Å². The summed E-state index contributed by atoms with van der Waals surface area (Å²) in [7, 11) is 0. The molecule has 7 N–H and O–H groups in total. The van der Waals surface area contributed by atoms with Gasteiger partial charge in [0.1, 0.15) is 18.1 Å². The molecular weight excluding hydrogens is 400 g/mol. The number of rotatable bonds is 12. The highest BCUT2D eigenvalue weighted by Crippen LogP contribution is 1.98. The second kappa shape index (κ2) is 12.4. The lowest BCUT2D eigenvalue weighted by atomic mass is 10.1. The number of aliphatic carboxylic acids is 2. The molecule has 0 aromatic rings. The fourth-order valence-electron chi connectivity index (χ4n) is 1.74. The molecular formula is C14H24N4O7S2. The van der Waals surface area contributed by atoms with Gasteiger partial charge in [0.2, 0.25) is 17.7 Å². The molecule has 0 fully saturated rings. The van der Waals surface area contributed by atoms with Gasteiger partial charge in [-0.05, 0) is 13.3 Å². The van der Waals surface area contributed by atoms with Crippen LogP contribution in [0.5, 0.6) is 0 Å². The third-order valence-electron chi connectivity index (χ3n) is 3.37. The first-order chi connectivity index (χ1) is 12.5. The molecule has 0 saturated heterocycles. The Morgan fingerprint density at radius 1 is 0.889 bits per heavy atom. The van der Waals surface area contributed by atoms with Crippen LogP contribution in [0, 0.1) is 0 Å². The normalized spacial score (nSPS) is 15.0. The van der Waals surface area contributed by atoms with Crippen LogP contribution in [0.2, 0.25) is 0 Å². The predicted molar refractivity (Wildman–Crippen MR) is 102 cm³/mol. The second-order valence-electron chi connectivity index (χ2n) is 5.59. The van der Waals surface area contributed by atoms with E-state index >= 15 is 0 Å². The van der Waals surface area contributed by atoms with E-state index in [4.69, 9.17) is 15.9 Å². The highest BCUT2D eigenvalue weighted by atomic mass is 32.1. The lowest BCUT2D eigenvalue weighted by Crippen LogP contribution is -2.57. The summed E-state index contributed by atoms with van der Waals surface area (Å²) in [6.07, 6.45) is -0.416. The van der Waals surface area contributed by atoms with Crippen LogP contribution in [0.3, 0.4) is 0 Å². The Morgan fingerprint density at radius 2 is 1.41 bits per heavy atom. The Labute approximate surface area is 166 Å². The van der Waals surface area contributed by atoms with Crippen LogP contribution in [-0.4, -0.2) is 75.5 Å². The lowest BCUT2D eigenvalue weighted by molar-refractivity contribution is -0.141. The minimum absolute atomic E-state index is 0.105. The number of nitrogens with two attached hydrogens (primary N) is 1. The van der Waals surface area contributed by atoms with Gasteiger partial charge in [-0.1, -0.05) is 0 Å². The molecule has 0 saturated carbocycles. The third kappa shape index (κ3) is 9.49. The van der Waals surface area contributed by atoms with Crippen molar-refractivity contribution in [2.45, 2.75) is 43.9 Å². The van der Waals surface area contributed by atoms with Crippen molar-refractivity contribution in [2.24, 2.45) is 5.73 Å². The monoisotopic (exact) mass is 424 g/mol.